The number of hydrogen-bond acceptors (Lipinski definition) is 4. The maximum Gasteiger partial charge on any atom is 0.257 e. The van der Waals surface area contributed by atoms with Gasteiger partial charge in [0, 0.05) is 11.7 Å². The lowest BCUT2D eigenvalue weighted by Crippen LogP contribution is -2.40. The molecule has 0 N–H and O–H groups in total. The number of carbonyl (C=O) groups excluding carboxylic acids is 1. The highest BCUT2D eigenvalue weighted by atomic mass is 32.2. The number of benzene rings is 2. The van der Waals surface area contributed by atoms with E-state index in [0.29, 0.717) is 5.22 Å². The van der Waals surface area contributed by atoms with Crippen LogP contribution in [0.2, 0.25) is 0 Å². The smallest absolute Gasteiger partial charge is 0.257 e. The number of fused-ring (bicyclic) bond motifs is 2. The number of para-hydroxylation sites is 3. The molecule has 3 aromatic rings. The Hall–Kier alpha value is -2.27. The van der Waals surface area contributed by atoms with E-state index in [0.717, 1.165) is 23.2 Å². The zero-order valence-corrected chi connectivity index (χ0v) is 14.4. The fourth-order valence-corrected chi connectivity index (χ4v) is 4.01. The minimum Gasteiger partial charge on any atom is -0.431 e. The first-order chi connectivity index (χ1) is 11.6. The summed E-state index contributed by atoms with van der Waals surface area (Å²) in [7, 11) is 0. The Kier molecular flexibility index (Phi) is 3.81. The predicted molar refractivity (Wildman–Crippen MR) is 96.4 cm³/mol. The van der Waals surface area contributed by atoms with Gasteiger partial charge < -0.3 is 9.32 Å². The first-order valence-electron chi connectivity index (χ1n) is 8.06. The van der Waals surface area contributed by atoms with Gasteiger partial charge in [-0.05, 0) is 44.0 Å². The molecular formula is C19H18N2O2S. The molecule has 1 amide bonds. The monoisotopic (exact) mass is 338 g/mol. The quantitative estimate of drug-likeness (QED) is 0.669. The second-order valence-corrected chi connectivity index (χ2v) is 7.39. The summed E-state index contributed by atoms with van der Waals surface area (Å²) in [6.45, 7) is 4.00. The first kappa shape index (κ1) is 15.3. The normalized spacial score (nSPS) is 17.9. The number of thioether (sulfide) groups is 1. The Labute approximate surface area is 144 Å². The number of amides is 1. The summed E-state index contributed by atoms with van der Waals surface area (Å²) in [4.78, 5) is 19.3. The van der Waals surface area contributed by atoms with Crippen LogP contribution in [0.5, 0.6) is 0 Å². The predicted octanol–water partition coefficient (Wildman–Crippen LogP) is 4.29. The molecule has 0 aliphatic carbocycles. The SMILES string of the molecule is C[C@H](Sc1nc2ccccc2o1)C(=O)N1c2ccccc2C[C@@H]1C. The van der Waals surface area contributed by atoms with Crippen molar-refractivity contribution in [3.05, 3.63) is 54.1 Å². The topological polar surface area (TPSA) is 46.3 Å². The molecule has 0 saturated carbocycles. The Morgan fingerprint density at radius 2 is 2.00 bits per heavy atom. The van der Waals surface area contributed by atoms with Gasteiger partial charge in [0.25, 0.3) is 5.22 Å². The van der Waals surface area contributed by atoms with Crippen molar-refractivity contribution >= 4 is 34.5 Å². The maximum atomic E-state index is 13.0. The molecule has 0 fully saturated rings. The minimum absolute atomic E-state index is 0.0970. The van der Waals surface area contributed by atoms with Gasteiger partial charge in [0.15, 0.2) is 5.58 Å². The molecule has 2 heterocycles. The Morgan fingerprint density at radius 3 is 2.83 bits per heavy atom. The van der Waals surface area contributed by atoms with Crippen molar-refractivity contribution < 1.29 is 9.21 Å². The molecule has 4 nitrogen and oxygen atoms in total. The third-order valence-electron chi connectivity index (χ3n) is 4.34. The van der Waals surface area contributed by atoms with E-state index in [9.17, 15) is 4.79 Å². The third kappa shape index (κ3) is 2.59. The summed E-state index contributed by atoms with van der Waals surface area (Å²) in [6, 6.07) is 15.9. The van der Waals surface area contributed by atoms with Crippen molar-refractivity contribution in [2.24, 2.45) is 0 Å². The highest BCUT2D eigenvalue weighted by molar-refractivity contribution is 8.00. The molecule has 0 saturated heterocycles. The highest BCUT2D eigenvalue weighted by Gasteiger charge is 2.33. The molecule has 0 bridgehead atoms. The van der Waals surface area contributed by atoms with Crippen LogP contribution in [0.3, 0.4) is 0 Å². The molecule has 4 rings (SSSR count). The Morgan fingerprint density at radius 1 is 1.25 bits per heavy atom. The van der Waals surface area contributed by atoms with E-state index in [4.69, 9.17) is 4.42 Å². The van der Waals surface area contributed by atoms with E-state index in [1.807, 2.05) is 54.3 Å². The molecule has 1 aromatic heterocycles. The van der Waals surface area contributed by atoms with Gasteiger partial charge >= 0.3 is 0 Å². The summed E-state index contributed by atoms with van der Waals surface area (Å²) >= 11 is 1.37. The van der Waals surface area contributed by atoms with E-state index < -0.39 is 0 Å². The van der Waals surface area contributed by atoms with Crippen molar-refractivity contribution in [1.82, 2.24) is 4.98 Å². The van der Waals surface area contributed by atoms with Crippen LogP contribution in [0.4, 0.5) is 5.69 Å². The van der Waals surface area contributed by atoms with Gasteiger partial charge in [-0.2, -0.15) is 0 Å². The van der Waals surface area contributed by atoms with Gasteiger partial charge in [0.05, 0.1) is 5.25 Å². The van der Waals surface area contributed by atoms with Crippen LogP contribution < -0.4 is 4.90 Å². The van der Waals surface area contributed by atoms with E-state index in [-0.39, 0.29) is 17.2 Å². The van der Waals surface area contributed by atoms with Crippen LogP contribution in [0.15, 0.2) is 58.2 Å². The molecular weight excluding hydrogens is 320 g/mol. The summed E-state index contributed by atoms with van der Waals surface area (Å²) < 4.78 is 5.73. The summed E-state index contributed by atoms with van der Waals surface area (Å²) in [5.74, 6) is 0.0970. The summed E-state index contributed by atoms with van der Waals surface area (Å²) in [6.07, 6.45) is 0.905. The van der Waals surface area contributed by atoms with Gasteiger partial charge in [0.2, 0.25) is 5.91 Å². The van der Waals surface area contributed by atoms with Crippen LogP contribution in [0, 0.1) is 0 Å². The molecule has 122 valence electrons. The second-order valence-electron chi connectivity index (χ2n) is 6.10. The number of anilines is 1. The highest BCUT2D eigenvalue weighted by Crippen LogP contribution is 2.35. The number of hydrogen-bond donors (Lipinski definition) is 0. The molecule has 1 aliphatic heterocycles. The molecule has 2 aromatic carbocycles. The molecule has 24 heavy (non-hydrogen) atoms. The van der Waals surface area contributed by atoms with Crippen LogP contribution in [-0.4, -0.2) is 22.2 Å². The largest absolute Gasteiger partial charge is 0.431 e. The molecule has 0 radical (unpaired) electrons. The number of nitrogens with zero attached hydrogens (tertiary/aromatic N) is 2. The molecule has 0 spiro atoms. The summed E-state index contributed by atoms with van der Waals surface area (Å²) in [5, 5.41) is 0.281. The van der Waals surface area contributed by atoms with E-state index >= 15 is 0 Å². The minimum atomic E-state index is -0.258. The molecule has 1 aliphatic rings. The maximum absolute atomic E-state index is 13.0. The molecule has 2 atom stereocenters. The van der Waals surface area contributed by atoms with Crippen molar-refractivity contribution in [3.8, 4) is 0 Å². The number of aromatic nitrogens is 1. The van der Waals surface area contributed by atoms with E-state index in [1.165, 1.54) is 17.3 Å². The van der Waals surface area contributed by atoms with Gasteiger partial charge in [0.1, 0.15) is 5.52 Å². The van der Waals surface area contributed by atoms with Gasteiger partial charge in [-0.3, -0.25) is 4.79 Å². The third-order valence-corrected chi connectivity index (χ3v) is 5.28. The zero-order chi connectivity index (χ0) is 16.7. The van der Waals surface area contributed by atoms with E-state index in [1.54, 1.807) is 0 Å². The number of carbonyl (C=O) groups is 1. The van der Waals surface area contributed by atoms with Crippen LogP contribution in [-0.2, 0) is 11.2 Å². The number of oxazole rings is 1. The lowest BCUT2D eigenvalue weighted by atomic mass is 10.1. The van der Waals surface area contributed by atoms with Crippen molar-refractivity contribution in [3.63, 3.8) is 0 Å². The van der Waals surface area contributed by atoms with Crippen LogP contribution in [0.25, 0.3) is 11.1 Å². The zero-order valence-electron chi connectivity index (χ0n) is 13.6. The average molecular weight is 338 g/mol. The van der Waals surface area contributed by atoms with Gasteiger partial charge in [-0.1, -0.05) is 42.1 Å². The van der Waals surface area contributed by atoms with Crippen LogP contribution in [0.1, 0.15) is 19.4 Å². The summed E-state index contributed by atoms with van der Waals surface area (Å²) in [5.41, 5.74) is 3.83. The van der Waals surface area contributed by atoms with Gasteiger partial charge in [-0.15, -0.1) is 0 Å². The first-order valence-corrected chi connectivity index (χ1v) is 8.94. The fourth-order valence-electron chi connectivity index (χ4n) is 3.20. The van der Waals surface area contributed by atoms with Gasteiger partial charge in [-0.25, -0.2) is 4.98 Å². The van der Waals surface area contributed by atoms with Crippen molar-refractivity contribution in [2.75, 3.05) is 4.90 Å². The van der Waals surface area contributed by atoms with Crippen molar-refractivity contribution in [1.29, 1.82) is 0 Å². The lowest BCUT2D eigenvalue weighted by Gasteiger charge is -2.25. The standard InChI is InChI=1S/C19H18N2O2S/c1-12-11-14-7-3-5-9-16(14)21(12)18(22)13(2)24-19-20-15-8-4-6-10-17(15)23-19/h3-10,12-13H,11H2,1-2H3/t12-,13-/m0/s1. The lowest BCUT2D eigenvalue weighted by molar-refractivity contribution is -0.118. The second kappa shape index (κ2) is 5.98. The van der Waals surface area contributed by atoms with Crippen LogP contribution >= 0.6 is 11.8 Å². The van der Waals surface area contributed by atoms with Crippen molar-refractivity contribution in [2.45, 2.75) is 36.8 Å². The average Bonchev–Trinajstić information content (AvgIpc) is 3.13. The van der Waals surface area contributed by atoms with E-state index in [2.05, 4.69) is 18.0 Å². The Bertz CT molecular complexity index is 872. The Balaban J connectivity index is 1.56. The molecule has 0 unspecified atom stereocenters. The number of rotatable bonds is 3. The fraction of sp³-hybridized carbons (Fsp3) is 0.263. The molecule has 5 heteroatoms.